The SMILES string of the molecule is O=C(O)/C(=C/c1nc(-c2ccccc2Cl)cs1)NC(=O)c1ccccc1. The number of benzene rings is 2. The number of carbonyl (C=O) groups excluding carboxylic acids is 1. The van der Waals surface area contributed by atoms with Gasteiger partial charge >= 0.3 is 5.97 Å². The Morgan fingerprint density at radius 3 is 2.46 bits per heavy atom. The van der Waals surface area contributed by atoms with Gasteiger partial charge in [-0.25, -0.2) is 9.78 Å². The van der Waals surface area contributed by atoms with Crippen molar-refractivity contribution in [3.8, 4) is 11.3 Å². The normalized spacial score (nSPS) is 11.2. The maximum absolute atomic E-state index is 12.2. The monoisotopic (exact) mass is 384 g/mol. The van der Waals surface area contributed by atoms with Gasteiger partial charge in [-0.05, 0) is 18.2 Å². The van der Waals surface area contributed by atoms with Crippen LogP contribution in [0.4, 0.5) is 0 Å². The molecule has 0 bridgehead atoms. The van der Waals surface area contributed by atoms with Gasteiger partial charge in [-0.1, -0.05) is 48.0 Å². The van der Waals surface area contributed by atoms with Crippen LogP contribution in [-0.4, -0.2) is 22.0 Å². The van der Waals surface area contributed by atoms with E-state index in [4.69, 9.17) is 11.6 Å². The molecule has 2 N–H and O–H groups in total. The molecule has 3 aromatic rings. The summed E-state index contributed by atoms with van der Waals surface area (Å²) in [5.74, 6) is -1.74. The molecule has 0 aliphatic carbocycles. The molecule has 0 fully saturated rings. The van der Waals surface area contributed by atoms with Crippen LogP contribution in [-0.2, 0) is 4.79 Å². The molecule has 5 nitrogen and oxygen atoms in total. The number of amides is 1. The third-order valence-corrected chi connectivity index (χ3v) is 4.58. The molecule has 130 valence electrons. The number of carboxylic acids is 1. The molecule has 0 atom stereocenters. The minimum absolute atomic E-state index is 0.251. The average Bonchev–Trinajstić information content (AvgIpc) is 3.10. The van der Waals surface area contributed by atoms with Crippen molar-refractivity contribution in [2.75, 3.05) is 0 Å². The van der Waals surface area contributed by atoms with Gasteiger partial charge in [0.2, 0.25) is 0 Å². The highest BCUT2D eigenvalue weighted by Crippen LogP contribution is 2.29. The second kappa shape index (κ2) is 7.95. The molecule has 0 unspecified atom stereocenters. The van der Waals surface area contributed by atoms with Crippen LogP contribution in [0.1, 0.15) is 15.4 Å². The van der Waals surface area contributed by atoms with Crippen LogP contribution >= 0.6 is 22.9 Å². The summed E-state index contributed by atoms with van der Waals surface area (Å²) in [7, 11) is 0. The Balaban J connectivity index is 1.85. The van der Waals surface area contributed by atoms with E-state index in [0.717, 1.165) is 5.56 Å². The first kappa shape index (κ1) is 17.8. The maximum atomic E-state index is 12.2. The summed E-state index contributed by atoms with van der Waals surface area (Å²) in [5, 5.41) is 14.6. The molecule has 0 saturated carbocycles. The van der Waals surface area contributed by atoms with Gasteiger partial charge in [-0.3, -0.25) is 4.79 Å². The Kier molecular flexibility index (Phi) is 5.46. The number of carbonyl (C=O) groups is 2. The Labute approximate surface area is 158 Å². The van der Waals surface area contributed by atoms with E-state index in [0.29, 0.717) is 21.3 Å². The van der Waals surface area contributed by atoms with Crippen molar-refractivity contribution in [3.63, 3.8) is 0 Å². The van der Waals surface area contributed by atoms with Crippen LogP contribution in [0.15, 0.2) is 65.7 Å². The van der Waals surface area contributed by atoms with Crippen molar-refractivity contribution in [1.82, 2.24) is 10.3 Å². The molecular weight excluding hydrogens is 372 g/mol. The molecule has 7 heteroatoms. The molecule has 0 spiro atoms. The van der Waals surface area contributed by atoms with Crippen LogP contribution < -0.4 is 5.32 Å². The Hall–Kier alpha value is -2.96. The Bertz CT molecular complexity index is 983. The topological polar surface area (TPSA) is 79.3 Å². The Morgan fingerprint density at radius 1 is 1.08 bits per heavy atom. The first-order valence-electron chi connectivity index (χ1n) is 7.56. The first-order chi connectivity index (χ1) is 12.5. The molecule has 26 heavy (non-hydrogen) atoms. The quantitative estimate of drug-likeness (QED) is 0.642. The standard InChI is InChI=1S/C19H13ClN2O3S/c20-14-9-5-4-8-13(14)16-11-26-17(21-16)10-15(19(24)25)22-18(23)12-6-2-1-3-7-12/h1-11H,(H,22,23)(H,24,25)/b15-10-. The highest BCUT2D eigenvalue weighted by Gasteiger charge is 2.15. The van der Waals surface area contributed by atoms with E-state index in [9.17, 15) is 14.7 Å². The summed E-state index contributed by atoms with van der Waals surface area (Å²) in [6.07, 6.45) is 1.33. The van der Waals surface area contributed by atoms with Gasteiger partial charge < -0.3 is 10.4 Å². The number of hydrogen-bond donors (Lipinski definition) is 2. The zero-order valence-corrected chi connectivity index (χ0v) is 14.9. The highest BCUT2D eigenvalue weighted by atomic mass is 35.5. The number of aromatic nitrogens is 1. The fraction of sp³-hybridized carbons (Fsp3) is 0. The summed E-state index contributed by atoms with van der Waals surface area (Å²) in [5.41, 5.74) is 1.52. The lowest BCUT2D eigenvalue weighted by Crippen LogP contribution is -2.27. The van der Waals surface area contributed by atoms with Gasteiger partial charge in [0.1, 0.15) is 10.7 Å². The molecule has 0 aliphatic rings. The number of carboxylic acid groups (broad SMARTS) is 1. The van der Waals surface area contributed by atoms with Crippen molar-refractivity contribution >= 4 is 40.9 Å². The van der Waals surface area contributed by atoms with Gasteiger partial charge in [0.05, 0.1) is 5.69 Å². The third-order valence-electron chi connectivity index (χ3n) is 3.45. The molecule has 1 amide bonds. The summed E-state index contributed by atoms with van der Waals surface area (Å²) in [4.78, 5) is 28.0. The summed E-state index contributed by atoms with van der Waals surface area (Å²) < 4.78 is 0. The molecule has 1 aromatic heterocycles. The van der Waals surface area contributed by atoms with Crippen molar-refractivity contribution in [2.45, 2.75) is 0 Å². The summed E-state index contributed by atoms with van der Waals surface area (Å²) in [6, 6.07) is 15.7. The number of nitrogens with zero attached hydrogens (tertiary/aromatic N) is 1. The summed E-state index contributed by atoms with van der Waals surface area (Å²) >= 11 is 7.42. The highest BCUT2D eigenvalue weighted by molar-refractivity contribution is 7.10. The van der Waals surface area contributed by atoms with Crippen molar-refractivity contribution in [2.24, 2.45) is 0 Å². The smallest absolute Gasteiger partial charge is 0.352 e. The fourth-order valence-electron chi connectivity index (χ4n) is 2.21. The predicted octanol–water partition coefficient (Wildman–Crippen LogP) is 4.32. The molecule has 1 heterocycles. The van der Waals surface area contributed by atoms with E-state index >= 15 is 0 Å². The van der Waals surface area contributed by atoms with Crippen molar-refractivity contribution in [3.05, 3.63) is 81.3 Å². The maximum Gasteiger partial charge on any atom is 0.352 e. The molecule has 0 radical (unpaired) electrons. The second-order valence-electron chi connectivity index (χ2n) is 5.23. The van der Waals surface area contributed by atoms with Crippen LogP contribution in [0.5, 0.6) is 0 Å². The van der Waals surface area contributed by atoms with E-state index in [2.05, 4.69) is 10.3 Å². The number of hydrogen-bond acceptors (Lipinski definition) is 4. The average molecular weight is 385 g/mol. The van der Waals surface area contributed by atoms with Gasteiger partial charge in [-0.15, -0.1) is 11.3 Å². The van der Waals surface area contributed by atoms with Crippen molar-refractivity contribution < 1.29 is 14.7 Å². The Morgan fingerprint density at radius 2 is 1.77 bits per heavy atom. The number of nitrogens with one attached hydrogen (secondary N) is 1. The lowest BCUT2D eigenvalue weighted by Gasteiger charge is -2.05. The number of halogens is 1. The zero-order valence-electron chi connectivity index (χ0n) is 13.3. The second-order valence-corrected chi connectivity index (χ2v) is 6.53. The van der Waals surface area contributed by atoms with E-state index in [1.54, 1.807) is 41.8 Å². The number of rotatable bonds is 5. The van der Waals surface area contributed by atoms with Crippen molar-refractivity contribution in [1.29, 1.82) is 0 Å². The summed E-state index contributed by atoms with van der Waals surface area (Å²) in [6.45, 7) is 0. The molecule has 0 aliphatic heterocycles. The van der Waals surface area contributed by atoms with Crippen LogP contribution in [0.25, 0.3) is 17.3 Å². The minimum Gasteiger partial charge on any atom is -0.477 e. The zero-order chi connectivity index (χ0) is 18.5. The molecule has 0 saturated heterocycles. The van der Waals surface area contributed by atoms with Crippen LogP contribution in [0, 0.1) is 0 Å². The van der Waals surface area contributed by atoms with E-state index in [-0.39, 0.29) is 5.70 Å². The minimum atomic E-state index is -1.25. The number of thiazole rings is 1. The molecule has 3 rings (SSSR count). The van der Waals surface area contributed by atoms with Crippen LogP contribution in [0.3, 0.4) is 0 Å². The number of aliphatic carboxylic acids is 1. The lowest BCUT2D eigenvalue weighted by molar-refractivity contribution is -0.132. The fourth-order valence-corrected chi connectivity index (χ4v) is 3.19. The van der Waals surface area contributed by atoms with Crippen LogP contribution in [0.2, 0.25) is 5.02 Å². The molecule has 2 aromatic carbocycles. The third kappa shape index (κ3) is 4.17. The lowest BCUT2D eigenvalue weighted by atomic mass is 10.2. The van der Waals surface area contributed by atoms with Gasteiger partial charge in [0, 0.05) is 27.6 Å². The van der Waals surface area contributed by atoms with E-state index in [1.165, 1.54) is 17.4 Å². The predicted molar refractivity (Wildman–Crippen MR) is 102 cm³/mol. The van der Waals surface area contributed by atoms with Gasteiger partial charge in [-0.2, -0.15) is 0 Å². The van der Waals surface area contributed by atoms with Gasteiger partial charge in [0.15, 0.2) is 0 Å². The van der Waals surface area contributed by atoms with E-state index < -0.39 is 11.9 Å². The molecular formula is C19H13ClN2O3S. The van der Waals surface area contributed by atoms with E-state index in [1.807, 2.05) is 18.2 Å². The van der Waals surface area contributed by atoms with Gasteiger partial charge in [0.25, 0.3) is 5.91 Å². The first-order valence-corrected chi connectivity index (χ1v) is 8.82. The largest absolute Gasteiger partial charge is 0.477 e.